The molecule has 0 radical (unpaired) electrons. The van der Waals surface area contributed by atoms with Crippen LogP contribution in [0, 0.1) is 0 Å². The molecule has 37 heavy (non-hydrogen) atoms. The lowest BCUT2D eigenvalue weighted by Gasteiger charge is -2.12. The van der Waals surface area contributed by atoms with Gasteiger partial charge in [0.15, 0.2) is 0 Å². The van der Waals surface area contributed by atoms with E-state index >= 15 is 0 Å². The number of hydrogen-bond donors (Lipinski definition) is 2. The molecule has 2 aromatic heterocycles. The van der Waals surface area contributed by atoms with Crippen LogP contribution in [0.25, 0.3) is 21.8 Å². The second kappa shape index (κ2) is 9.12. The fourth-order valence-electron chi connectivity index (χ4n) is 4.35. The summed E-state index contributed by atoms with van der Waals surface area (Å²) in [6, 6.07) is 14.7. The zero-order valence-electron chi connectivity index (χ0n) is 19.6. The third-order valence-corrected chi connectivity index (χ3v) is 6.16. The highest BCUT2D eigenvalue weighted by Gasteiger charge is 2.30. The summed E-state index contributed by atoms with van der Waals surface area (Å²) in [5.41, 5.74) is 2.54. The van der Waals surface area contributed by atoms with E-state index in [0.717, 1.165) is 28.5 Å². The molecule has 0 saturated heterocycles. The molecule has 0 bridgehead atoms. The Bertz CT molecular complexity index is 1630. The largest absolute Gasteiger partial charge is 0.478 e. The minimum atomic E-state index is -4.41. The first-order valence-corrected chi connectivity index (χ1v) is 11.3. The van der Waals surface area contributed by atoms with Gasteiger partial charge in [0.1, 0.15) is 5.52 Å². The van der Waals surface area contributed by atoms with Gasteiger partial charge in [-0.2, -0.15) is 18.3 Å². The molecule has 0 atom stereocenters. The molecule has 0 saturated carbocycles. The summed E-state index contributed by atoms with van der Waals surface area (Å²) in [6.07, 6.45) is -0.816. The Morgan fingerprint density at radius 1 is 1.00 bits per heavy atom. The monoisotopic (exact) mass is 506 g/mol. The van der Waals surface area contributed by atoms with Gasteiger partial charge < -0.3 is 15.0 Å². The molecule has 5 rings (SSSR count). The molecule has 0 fully saturated rings. The maximum absolute atomic E-state index is 13.3. The molecule has 2 N–H and O–H groups in total. The van der Waals surface area contributed by atoms with Gasteiger partial charge in [-0.25, -0.2) is 4.79 Å². The summed E-state index contributed by atoms with van der Waals surface area (Å²) in [5.74, 6) is -1.37. The summed E-state index contributed by atoms with van der Waals surface area (Å²) in [4.78, 5) is 24.4. The molecule has 2 heterocycles. The van der Waals surface area contributed by atoms with Gasteiger partial charge in [0, 0.05) is 43.3 Å². The smallest absolute Gasteiger partial charge is 0.416 e. The van der Waals surface area contributed by atoms with Crippen molar-refractivity contribution in [2.75, 3.05) is 0 Å². The standard InChI is InChI=1S/C27H21F3N4O3/c1-33-15-19-12-22(25(35)31-13-16-2-6-18(7-3-16)26(36)37)24-21(23(19)32-33)10-11-34(24)14-17-4-8-20(9-5-17)27(28,29)30/h2-12,15H,13-14H2,1H3,(H,31,35)(H,36,37). The van der Waals surface area contributed by atoms with Crippen LogP contribution in [0.4, 0.5) is 13.2 Å². The Morgan fingerprint density at radius 3 is 2.32 bits per heavy atom. The molecule has 5 aromatic rings. The molecule has 7 nitrogen and oxygen atoms in total. The van der Waals surface area contributed by atoms with Gasteiger partial charge >= 0.3 is 12.1 Å². The van der Waals surface area contributed by atoms with Crippen LogP contribution in [0.2, 0.25) is 0 Å². The number of alkyl halides is 3. The second-order valence-electron chi connectivity index (χ2n) is 8.75. The number of fused-ring (bicyclic) bond motifs is 3. The average Bonchev–Trinajstić information content (AvgIpc) is 3.44. The van der Waals surface area contributed by atoms with Crippen LogP contribution in [0.1, 0.15) is 37.4 Å². The Kier molecular flexibility index (Phi) is 5.94. The maximum atomic E-state index is 13.3. The fourth-order valence-corrected chi connectivity index (χ4v) is 4.35. The first-order valence-electron chi connectivity index (χ1n) is 11.3. The van der Waals surface area contributed by atoms with Crippen molar-refractivity contribution in [1.29, 1.82) is 0 Å². The second-order valence-corrected chi connectivity index (χ2v) is 8.75. The number of aromatic carboxylic acids is 1. The molecule has 0 aliphatic heterocycles. The van der Waals surface area contributed by atoms with Gasteiger partial charge in [-0.3, -0.25) is 9.48 Å². The average molecular weight is 506 g/mol. The maximum Gasteiger partial charge on any atom is 0.416 e. The molecular formula is C27H21F3N4O3. The number of nitrogens with one attached hydrogen (secondary N) is 1. The lowest BCUT2D eigenvalue weighted by atomic mass is 10.1. The van der Waals surface area contributed by atoms with Crippen molar-refractivity contribution < 1.29 is 27.9 Å². The van der Waals surface area contributed by atoms with E-state index in [1.807, 2.05) is 16.8 Å². The highest BCUT2D eigenvalue weighted by molar-refractivity contribution is 6.15. The Hall–Kier alpha value is -4.60. The molecule has 3 aromatic carbocycles. The van der Waals surface area contributed by atoms with Gasteiger partial charge in [0.25, 0.3) is 5.91 Å². The van der Waals surface area contributed by atoms with Crippen molar-refractivity contribution in [2.24, 2.45) is 7.05 Å². The number of carbonyl (C=O) groups excluding carboxylic acids is 1. The third kappa shape index (κ3) is 4.77. The normalized spacial score (nSPS) is 11.8. The van der Waals surface area contributed by atoms with Gasteiger partial charge in [-0.1, -0.05) is 24.3 Å². The molecule has 0 aliphatic carbocycles. The molecule has 0 aliphatic rings. The van der Waals surface area contributed by atoms with Gasteiger partial charge in [0.2, 0.25) is 0 Å². The van der Waals surface area contributed by atoms with Crippen molar-refractivity contribution in [3.05, 3.63) is 101 Å². The molecule has 1 amide bonds. The van der Waals surface area contributed by atoms with E-state index in [-0.39, 0.29) is 24.6 Å². The fraction of sp³-hybridized carbons (Fsp3) is 0.148. The van der Waals surface area contributed by atoms with Crippen LogP contribution >= 0.6 is 0 Å². The van der Waals surface area contributed by atoms with Crippen LogP contribution < -0.4 is 5.32 Å². The SMILES string of the molecule is Cn1cc2cc(C(=O)NCc3ccc(C(=O)O)cc3)c3c(ccn3Cc3ccc(C(F)(F)F)cc3)c2n1. The third-order valence-electron chi connectivity index (χ3n) is 6.16. The summed E-state index contributed by atoms with van der Waals surface area (Å²) in [7, 11) is 1.78. The van der Waals surface area contributed by atoms with E-state index in [9.17, 15) is 22.8 Å². The summed E-state index contributed by atoms with van der Waals surface area (Å²) >= 11 is 0. The van der Waals surface area contributed by atoms with Crippen molar-refractivity contribution in [3.63, 3.8) is 0 Å². The Morgan fingerprint density at radius 2 is 1.68 bits per heavy atom. The first-order chi connectivity index (χ1) is 17.6. The van der Waals surface area contributed by atoms with E-state index in [0.29, 0.717) is 22.2 Å². The molecule has 0 unspecified atom stereocenters. The summed E-state index contributed by atoms with van der Waals surface area (Å²) in [5, 5.41) is 18.0. The predicted octanol–water partition coefficient (Wildman–Crippen LogP) is 5.22. The molecule has 188 valence electrons. The minimum absolute atomic E-state index is 0.153. The number of halogens is 3. The van der Waals surface area contributed by atoms with E-state index in [4.69, 9.17) is 5.11 Å². The van der Waals surface area contributed by atoms with E-state index in [1.165, 1.54) is 24.3 Å². The van der Waals surface area contributed by atoms with Crippen LogP contribution in [0.5, 0.6) is 0 Å². The number of carbonyl (C=O) groups is 2. The van der Waals surface area contributed by atoms with Crippen LogP contribution in [0.15, 0.2) is 73.1 Å². The number of amides is 1. The Balaban J connectivity index is 1.49. The van der Waals surface area contributed by atoms with Crippen molar-refractivity contribution in [3.8, 4) is 0 Å². The lowest BCUT2D eigenvalue weighted by molar-refractivity contribution is -0.137. The van der Waals surface area contributed by atoms with Gasteiger partial charge in [-0.15, -0.1) is 0 Å². The zero-order chi connectivity index (χ0) is 26.3. The number of hydrogen-bond acceptors (Lipinski definition) is 3. The van der Waals surface area contributed by atoms with Gasteiger partial charge in [-0.05, 0) is 47.5 Å². The van der Waals surface area contributed by atoms with Crippen molar-refractivity contribution in [1.82, 2.24) is 19.7 Å². The van der Waals surface area contributed by atoms with E-state index in [2.05, 4.69) is 10.4 Å². The quantitative estimate of drug-likeness (QED) is 0.330. The highest BCUT2D eigenvalue weighted by Crippen LogP contribution is 2.31. The molecule has 10 heteroatoms. The highest BCUT2D eigenvalue weighted by atomic mass is 19.4. The first kappa shape index (κ1) is 24.1. The minimum Gasteiger partial charge on any atom is -0.478 e. The van der Waals surface area contributed by atoms with Crippen LogP contribution in [-0.2, 0) is 26.3 Å². The zero-order valence-corrected chi connectivity index (χ0v) is 19.6. The number of carboxylic acids is 1. The van der Waals surface area contributed by atoms with Crippen molar-refractivity contribution >= 4 is 33.7 Å². The topological polar surface area (TPSA) is 89.1 Å². The predicted molar refractivity (Wildman–Crippen MR) is 131 cm³/mol. The van der Waals surface area contributed by atoms with Crippen molar-refractivity contribution in [2.45, 2.75) is 19.3 Å². The molecule has 0 spiro atoms. The van der Waals surface area contributed by atoms with E-state index < -0.39 is 17.7 Å². The van der Waals surface area contributed by atoms with E-state index in [1.54, 1.807) is 36.1 Å². The number of aromatic nitrogens is 3. The molecular weight excluding hydrogens is 485 g/mol. The number of aryl methyl sites for hydroxylation is 1. The van der Waals surface area contributed by atoms with Crippen LogP contribution in [0.3, 0.4) is 0 Å². The summed E-state index contributed by atoms with van der Waals surface area (Å²) < 4.78 is 42.4. The lowest BCUT2D eigenvalue weighted by Crippen LogP contribution is -2.23. The number of rotatable bonds is 6. The Labute approximate surface area is 208 Å². The van der Waals surface area contributed by atoms with Crippen LogP contribution in [-0.4, -0.2) is 31.3 Å². The number of carboxylic acid groups (broad SMARTS) is 1. The number of nitrogens with zero attached hydrogens (tertiary/aromatic N) is 3. The number of benzene rings is 3. The summed E-state index contributed by atoms with van der Waals surface area (Å²) in [6.45, 7) is 0.446. The van der Waals surface area contributed by atoms with Gasteiger partial charge in [0.05, 0.1) is 22.2 Å².